The van der Waals surface area contributed by atoms with Gasteiger partial charge in [0.15, 0.2) is 5.16 Å². The molecule has 1 N–H and O–H groups in total. The molecule has 10 heteroatoms. The molecule has 0 bridgehead atoms. The predicted octanol–water partition coefficient (Wildman–Crippen LogP) is 1.77. The van der Waals surface area contributed by atoms with Crippen LogP contribution >= 0.6 is 23.4 Å². The minimum absolute atomic E-state index is 0.0236. The molecule has 0 spiro atoms. The number of H-pyrrole nitrogens is 1. The van der Waals surface area contributed by atoms with Crippen molar-refractivity contribution in [3.8, 4) is 5.69 Å². The highest BCUT2D eigenvalue weighted by molar-refractivity contribution is 7.98. The number of hydrogen-bond donors (Lipinski definition) is 1. The average Bonchev–Trinajstić information content (AvgIpc) is 3.09. The molecule has 0 aliphatic heterocycles. The van der Waals surface area contributed by atoms with Crippen molar-refractivity contribution in [2.45, 2.75) is 10.9 Å². The van der Waals surface area contributed by atoms with E-state index in [1.165, 1.54) is 33.1 Å². The van der Waals surface area contributed by atoms with Gasteiger partial charge < -0.3 is 0 Å². The second-order valence-electron chi connectivity index (χ2n) is 4.41. The van der Waals surface area contributed by atoms with Gasteiger partial charge >= 0.3 is 5.69 Å². The van der Waals surface area contributed by atoms with Crippen molar-refractivity contribution in [3.05, 3.63) is 51.4 Å². The van der Waals surface area contributed by atoms with Crippen LogP contribution in [0.2, 0.25) is 5.02 Å². The van der Waals surface area contributed by atoms with E-state index >= 15 is 0 Å². The van der Waals surface area contributed by atoms with Crippen molar-refractivity contribution in [2.75, 3.05) is 0 Å². The van der Waals surface area contributed by atoms with Crippen LogP contribution in [-0.4, -0.2) is 29.8 Å². The van der Waals surface area contributed by atoms with Gasteiger partial charge in [-0.2, -0.15) is 0 Å². The number of aromatic amines is 1. The molecule has 0 aliphatic rings. The Hall–Kier alpha value is -2.13. The molecular formula is C12H10ClFN6OS. The van der Waals surface area contributed by atoms with E-state index in [9.17, 15) is 9.18 Å². The number of aromatic nitrogens is 6. The first-order valence-corrected chi connectivity index (χ1v) is 7.52. The molecular weight excluding hydrogens is 331 g/mol. The Labute approximate surface area is 133 Å². The largest absolute Gasteiger partial charge is 0.343 e. The maximum absolute atomic E-state index is 13.1. The Kier molecular flexibility index (Phi) is 3.99. The quantitative estimate of drug-likeness (QED) is 0.732. The zero-order valence-electron chi connectivity index (χ0n) is 11.3. The molecule has 0 atom stereocenters. The SMILES string of the molecule is Cn1c(SCc2cn(-c3ccc(F)c(Cl)c3)nn2)n[nH]c1=O. The lowest BCUT2D eigenvalue weighted by atomic mass is 10.3. The molecule has 0 saturated heterocycles. The highest BCUT2D eigenvalue weighted by atomic mass is 35.5. The van der Waals surface area contributed by atoms with Gasteiger partial charge in [-0.3, -0.25) is 4.57 Å². The van der Waals surface area contributed by atoms with Gasteiger partial charge in [0.05, 0.1) is 22.6 Å². The summed E-state index contributed by atoms with van der Waals surface area (Å²) in [5.41, 5.74) is 1.04. The first kappa shape index (κ1) is 14.8. The van der Waals surface area contributed by atoms with Gasteiger partial charge in [0.2, 0.25) is 0 Å². The highest BCUT2D eigenvalue weighted by Crippen LogP contribution is 2.20. The molecule has 2 aromatic heterocycles. The van der Waals surface area contributed by atoms with Crippen molar-refractivity contribution >= 4 is 23.4 Å². The number of rotatable bonds is 4. The number of nitrogens with one attached hydrogen (secondary N) is 1. The van der Waals surface area contributed by atoms with Crippen LogP contribution in [0, 0.1) is 5.82 Å². The van der Waals surface area contributed by atoms with Crippen LogP contribution in [0.25, 0.3) is 5.69 Å². The summed E-state index contributed by atoms with van der Waals surface area (Å²) in [5, 5.41) is 14.8. The Balaban J connectivity index is 1.75. The molecule has 3 aromatic rings. The molecule has 0 fully saturated rings. The zero-order chi connectivity index (χ0) is 15.7. The molecule has 0 unspecified atom stereocenters. The van der Waals surface area contributed by atoms with Gasteiger partial charge in [-0.15, -0.1) is 10.2 Å². The molecule has 22 heavy (non-hydrogen) atoms. The van der Waals surface area contributed by atoms with Crippen molar-refractivity contribution < 1.29 is 4.39 Å². The Morgan fingerprint density at radius 1 is 1.45 bits per heavy atom. The fourth-order valence-electron chi connectivity index (χ4n) is 1.72. The standard InChI is InChI=1S/C12H10ClFN6OS/c1-19-11(21)16-17-12(19)22-6-7-5-20(18-15-7)8-2-3-10(14)9(13)4-8/h2-5H,6H2,1H3,(H,16,21). The summed E-state index contributed by atoms with van der Waals surface area (Å²) in [4.78, 5) is 11.3. The highest BCUT2D eigenvalue weighted by Gasteiger charge is 2.09. The first-order chi connectivity index (χ1) is 10.5. The lowest BCUT2D eigenvalue weighted by molar-refractivity contribution is 0.627. The van der Waals surface area contributed by atoms with Crippen LogP contribution < -0.4 is 5.69 Å². The van der Waals surface area contributed by atoms with E-state index in [0.29, 0.717) is 22.3 Å². The van der Waals surface area contributed by atoms with Gasteiger partial charge in [-0.1, -0.05) is 28.6 Å². The average molecular weight is 341 g/mol. The van der Waals surface area contributed by atoms with Crippen LogP contribution in [-0.2, 0) is 12.8 Å². The molecule has 7 nitrogen and oxygen atoms in total. The van der Waals surface area contributed by atoms with Crippen molar-refractivity contribution in [1.82, 2.24) is 29.8 Å². The fraction of sp³-hybridized carbons (Fsp3) is 0.167. The lowest BCUT2D eigenvalue weighted by Gasteiger charge is -2.00. The van der Waals surface area contributed by atoms with Crippen LogP contribution in [0.3, 0.4) is 0 Å². The molecule has 0 aliphatic carbocycles. The second kappa shape index (κ2) is 5.93. The third kappa shape index (κ3) is 2.90. The molecule has 2 heterocycles. The summed E-state index contributed by atoms with van der Waals surface area (Å²) in [7, 11) is 1.63. The monoisotopic (exact) mass is 340 g/mol. The number of halogens is 2. The summed E-state index contributed by atoms with van der Waals surface area (Å²) in [5.74, 6) is 0.00771. The minimum atomic E-state index is -0.485. The maximum Gasteiger partial charge on any atom is 0.343 e. The van der Waals surface area contributed by atoms with Gasteiger partial charge in [-0.05, 0) is 18.2 Å². The number of thioether (sulfide) groups is 1. The molecule has 114 valence electrons. The van der Waals surface area contributed by atoms with Crippen molar-refractivity contribution in [2.24, 2.45) is 7.05 Å². The molecule has 1 aromatic carbocycles. The van der Waals surface area contributed by atoms with E-state index in [2.05, 4.69) is 20.5 Å². The molecule has 0 saturated carbocycles. The zero-order valence-corrected chi connectivity index (χ0v) is 12.9. The van der Waals surface area contributed by atoms with Crippen molar-refractivity contribution in [3.63, 3.8) is 0 Å². The van der Waals surface area contributed by atoms with Gasteiger partial charge in [0.25, 0.3) is 0 Å². The first-order valence-electron chi connectivity index (χ1n) is 6.15. The summed E-state index contributed by atoms with van der Waals surface area (Å²) >= 11 is 7.10. The van der Waals surface area contributed by atoms with Crippen LogP contribution in [0.4, 0.5) is 4.39 Å². The Bertz CT molecular complexity index is 873. The van der Waals surface area contributed by atoms with Crippen LogP contribution in [0.5, 0.6) is 0 Å². The maximum atomic E-state index is 13.1. The van der Waals surface area contributed by atoms with Crippen LogP contribution in [0.15, 0.2) is 34.3 Å². The molecule has 0 radical (unpaired) electrons. The third-order valence-electron chi connectivity index (χ3n) is 2.90. The van der Waals surface area contributed by atoms with E-state index in [4.69, 9.17) is 11.6 Å². The van der Waals surface area contributed by atoms with Crippen molar-refractivity contribution in [1.29, 1.82) is 0 Å². The Morgan fingerprint density at radius 2 is 2.27 bits per heavy atom. The topological polar surface area (TPSA) is 81.4 Å². The summed E-state index contributed by atoms with van der Waals surface area (Å²) in [6.45, 7) is 0. The molecule has 0 amide bonds. The number of hydrogen-bond acceptors (Lipinski definition) is 5. The van der Waals surface area contributed by atoms with Crippen LogP contribution in [0.1, 0.15) is 5.69 Å². The summed E-state index contributed by atoms with van der Waals surface area (Å²) < 4.78 is 16.1. The van der Waals surface area contributed by atoms with E-state index < -0.39 is 5.82 Å². The van der Waals surface area contributed by atoms with E-state index in [0.717, 1.165) is 0 Å². The van der Waals surface area contributed by atoms with E-state index in [1.807, 2.05) is 0 Å². The summed E-state index contributed by atoms with van der Waals surface area (Å²) in [6.07, 6.45) is 1.71. The number of nitrogens with zero attached hydrogens (tertiary/aromatic N) is 5. The van der Waals surface area contributed by atoms with Gasteiger partial charge in [0, 0.05) is 12.8 Å². The van der Waals surface area contributed by atoms with E-state index in [-0.39, 0.29) is 10.7 Å². The second-order valence-corrected chi connectivity index (χ2v) is 5.76. The number of benzene rings is 1. The minimum Gasteiger partial charge on any atom is -0.273 e. The summed E-state index contributed by atoms with van der Waals surface area (Å²) in [6, 6.07) is 4.30. The lowest BCUT2D eigenvalue weighted by Crippen LogP contribution is -2.12. The Morgan fingerprint density at radius 3 is 2.95 bits per heavy atom. The fourth-order valence-corrected chi connectivity index (χ4v) is 2.69. The van der Waals surface area contributed by atoms with Gasteiger partial charge in [-0.25, -0.2) is 19.0 Å². The third-order valence-corrected chi connectivity index (χ3v) is 4.25. The predicted molar refractivity (Wildman–Crippen MR) is 79.7 cm³/mol. The molecule has 3 rings (SSSR count). The smallest absolute Gasteiger partial charge is 0.273 e. The van der Waals surface area contributed by atoms with Gasteiger partial charge in [0.1, 0.15) is 5.82 Å². The normalized spacial score (nSPS) is 11.0. The van der Waals surface area contributed by atoms with E-state index in [1.54, 1.807) is 19.3 Å².